The highest BCUT2D eigenvalue weighted by Gasteiger charge is 2.16. The van der Waals surface area contributed by atoms with E-state index in [0.717, 1.165) is 0 Å². The van der Waals surface area contributed by atoms with Crippen LogP contribution in [0.4, 0.5) is 10.1 Å². The number of carbonyl (C=O) groups excluding carboxylic acids is 1. The zero-order chi connectivity index (χ0) is 19.4. The first-order chi connectivity index (χ1) is 13.0. The van der Waals surface area contributed by atoms with Crippen molar-refractivity contribution in [2.75, 3.05) is 19.5 Å². The van der Waals surface area contributed by atoms with Crippen LogP contribution in [-0.2, 0) is 11.2 Å². The van der Waals surface area contributed by atoms with Gasteiger partial charge in [-0.05, 0) is 37.3 Å². The zero-order valence-corrected chi connectivity index (χ0v) is 15.2. The number of oxazole rings is 1. The van der Waals surface area contributed by atoms with E-state index in [2.05, 4.69) is 10.3 Å². The number of halogens is 1. The van der Waals surface area contributed by atoms with Crippen molar-refractivity contribution in [3.8, 4) is 23.0 Å². The number of nitrogens with one attached hydrogen (secondary N) is 1. The van der Waals surface area contributed by atoms with Gasteiger partial charge in [0.2, 0.25) is 11.8 Å². The van der Waals surface area contributed by atoms with E-state index in [4.69, 9.17) is 13.9 Å². The van der Waals surface area contributed by atoms with Gasteiger partial charge in [-0.3, -0.25) is 4.79 Å². The number of hydrogen-bond acceptors (Lipinski definition) is 5. The molecule has 0 aliphatic rings. The lowest BCUT2D eigenvalue weighted by Crippen LogP contribution is -2.15. The van der Waals surface area contributed by atoms with E-state index in [0.29, 0.717) is 34.2 Å². The van der Waals surface area contributed by atoms with Crippen LogP contribution in [0.1, 0.15) is 11.5 Å². The van der Waals surface area contributed by atoms with E-state index in [1.54, 1.807) is 44.4 Å². The summed E-state index contributed by atoms with van der Waals surface area (Å²) < 4.78 is 29.4. The summed E-state index contributed by atoms with van der Waals surface area (Å²) in [4.78, 5) is 16.7. The number of methoxy groups -OCH3 is 2. The van der Waals surface area contributed by atoms with Gasteiger partial charge in [0, 0.05) is 17.3 Å². The molecule has 0 spiro atoms. The fourth-order valence-corrected chi connectivity index (χ4v) is 2.61. The molecular weight excluding hydrogens is 351 g/mol. The van der Waals surface area contributed by atoms with Crippen LogP contribution < -0.4 is 14.8 Å². The molecule has 3 rings (SSSR count). The lowest BCUT2D eigenvalue weighted by Gasteiger charge is -2.10. The summed E-state index contributed by atoms with van der Waals surface area (Å²) in [6.07, 6.45) is 0.0268. The van der Waals surface area contributed by atoms with Crippen molar-refractivity contribution in [1.29, 1.82) is 0 Å². The molecule has 1 amide bonds. The van der Waals surface area contributed by atoms with Crippen LogP contribution in [0.3, 0.4) is 0 Å². The first kappa shape index (κ1) is 18.4. The summed E-state index contributed by atoms with van der Waals surface area (Å²) in [6, 6.07) is 11.0. The Balaban J connectivity index is 1.73. The maximum absolute atomic E-state index is 13.4. The Hall–Kier alpha value is -3.35. The summed E-state index contributed by atoms with van der Waals surface area (Å²) in [5, 5.41) is 2.79. The number of ether oxygens (including phenoxy) is 2. The minimum Gasteiger partial charge on any atom is -0.493 e. The lowest BCUT2D eigenvalue weighted by molar-refractivity contribution is -0.115. The van der Waals surface area contributed by atoms with Crippen LogP contribution in [-0.4, -0.2) is 25.1 Å². The second-order valence-electron chi connectivity index (χ2n) is 5.83. The second kappa shape index (κ2) is 7.90. The predicted molar refractivity (Wildman–Crippen MR) is 98.5 cm³/mol. The highest BCUT2D eigenvalue weighted by molar-refractivity contribution is 5.92. The third kappa shape index (κ3) is 4.25. The normalized spacial score (nSPS) is 10.5. The molecule has 0 saturated heterocycles. The molecule has 7 heteroatoms. The first-order valence-electron chi connectivity index (χ1n) is 8.24. The number of anilines is 1. The quantitative estimate of drug-likeness (QED) is 0.710. The van der Waals surface area contributed by atoms with Gasteiger partial charge in [-0.1, -0.05) is 6.07 Å². The molecular formula is C20H19FN2O4. The van der Waals surface area contributed by atoms with Crippen LogP contribution in [0.15, 0.2) is 46.9 Å². The Labute approximate surface area is 155 Å². The van der Waals surface area contributed by atoms with Crippen molar-refractivity contribution in [2.45, 2.75) is 13.3 Å². The monoisotopic (exact) mass is 370 g/mol. The zero-order valence-electron chi connectivity index (χ0n) is 15.2. The summed E-state index contributed by atoms with van der Waals surface area (Å²) in [6.45, 7) is 1.72. The van der Waals surface area contributed by atoms with Crippen molar-refractivity contribution < 1.29 is 23.1 Å². The van der Waals surface area contributed by atoms with Crippen molar-refractivity contribution in [3.63, 3.8) is 0 Å². The Bertz CT molecular complexity index is 968. The number of carbonyl (C=O) groups is 1. The van der Waals surface area contributed by atoms with Crippen molar-refractivity contribution in [1.82, 2.24) is 4.98 Å². The van der Waals surface area contributed by atoms with Crippen LogP contribution in [0.5, 0.6) is 11.5 Å². The molecule has 3 aromatic rings. The minimum absolute atomic E-state index is 0.0268. The van der Waals surface area contributed by atoms with Crippen molar-refractivity contribution in [3.05, 3.63) is 59.7 Å². The number of aryl methyl sites for hydroxylation is 1. The maximum atomic E-state index is 13.4. The Kier molecular flexibility index (Phi) is 5.40. The molecule has 2 aromatic carbocycles. The van der Waals surface area contributed by atoms with Crippen LogP contribution in [0, 0.1) is 12.7 Å². The number of nitrogens with zero attached hydrogens (tertiary/aromatic N) is 1. The van der Waals surface area contributed by atoms with Crippen LogP contribution in [0.2, 0.25) is 0 Å². The number of amides is 1. The highest BCUT2D eigenvalue weighted by Crippen LogP contribution is 2.30. The standard InChI is InChI=1S/C20H19FN2O4/c1-12-16(23-20(27-12)13-5-4-6-14(21)9-13)11-19(24)22-15-7-8-17(25-2)18(10-15)26-3/h4-10H,11H2,1-3H3,(H,22,24). The molecule has 1 N–H and O–H groups in total. The number of hydrogen-bond donors (Lipinski definition) is 1. The Morgan fingerprint density at radius 3 is 2.63 bits per heavy atom. The third-order valence-electron chi connectivity index (χ3n) is 3.96. The molecule has 0 saturated carbocycles. The molecule has 0 radical (unpaired) electrons. The van der Waals surface area contributed by atoms with Gasteiger partial charge < -0.3 is 19.2 Å². The molecule has 0 atom stereocenters. The Morgan fingerprint density at radius 2 is 1.93 bits per heavy atom. The minimum atomic E-state index is -0.379. The van der Waals surface area contributed by atoms with Gasteiger partial charge in [0.15, 0.2) is 11.5 Å². The van der Waals surface area contributed by atoms with Crippen molar-refractivity contribution in [2.24, 2.45) is 0 Å². The van der Waals surface area contributed by atoms with Gasteiger partial charge in [-0.2, -0.15) is 0 Å². The maximum Gasteiger partial charge on any atom is 0.230 e. The smallest absolute Gasteiger partial charge is 0.230 e. The predicted octanol–water partition coefficient (Wildman–Crippen LogP) is 3.99. The Morgan fingerprint density at radius 1 is 1.15 bits per heavy atom. The highest BCUT2D eigenvalue weighted by atomic mass is 19.1. The fraction of sp³-hybridized carbons (Fsp3) is 0.200. The molecule has 27 heavy (non-hydrogen) atoms. The summed E-state index contributed by atoms with van der Waals surface area (Å²) in [5.74, 6) is 1.24. The van der Waals surface area contributed by atoms with Crippen molar-refractivity contribution >= 4 is 11.6 Å². The first-order valence-corrected chi connectivity index (χ1v) is 8.24. The number of aromatic nitrogens is 1. The SMILES string of the molecule is COc1ccc(NC(=O)Cc2nc(-c3cccc(F)c3)oc2C)cc1OC. The molecule has 0 fully saturated rings. The van der Waals surface area contributed by atoms with E-state index in [1.165, 1.54) is 19.2 Å². The summed E-state index contributed by atoms with van der Waals surface area (Å²) in [7, 11) is 3.07. The average Bonchev–Trinajstić information content (AvgIpc) is 3.02. The van der Waals surface area contributed by atoms with Gasteiger partial charge in [0.1, 0.15) is 11.6 Å². The fourth-order valence-electron chi connectivity index (χ4n) is 2.61. The molecule has 140 valence electrons. The summed E-state index contributed by atoms with van der Waals surface area (Å²) >= 11 is 0. The lowest BCUT2D eigenvalue weighted by atomic mass is 10.2. The molecule has 0 bridgehead atoms. The van der Waals surface area contributed by atoms with E-state index in [1.807, 2.05) is 0 Å². The molecule has 1 heterocycles. The van der Waals surface area contributed by atoms with Gasteiger partial charge >= 0.3 is 0 Å². The number of benzene rings is 2. The van der Waals surface area contributed by atoms with E-state index in [9.17, 15) is 9.18 Å². The molecule has 0 aliphatic heterocycles. The molecule has 0 unspecified atom stereocenters. The third-order valence-corrected chi connectivity index (χ3v) is 3.96. The van der Waals surface area contributed by atoms with E-state index < -0.39 is 0 Å². The average molecular weight is 370 g/mol. The molecule has 0 aliphatic carbocycles. The summed E-state index contributed by atoms with van der Waals surface area (Å²) in [5.41, 5.74) is 1.58. The van der Waals surface area contributed by atoms with Gasteiger partial charge in [-0.25, -0.2) is 9.37 Å². The molecule has 1 aromatic heterocycles. The second-order valence-corrected chi connectivity index (χ2v) is 5.83. The molecule has 6 nitrogen and oxygen atoms in total. The number of rotatable bonds is 6. The largest absolute Gasteiger partial charge is 0.493 e. The van der Waals surface area contributed by atoms with Gasteiger partial charge in [-0.15, -0.1) is 0 Å². The van der Waals surface area contributed by atoms with Gasteiger partial charge in [0.05, 0.1) is 26.3 Å². The van der Waals surface area contributed by atoms with Crippen LogP contribution in [0.25, 0.3) is 11.5 Å². The van der Waals surface area contributed by atoms with E-state index in [-0.39, 0.29) is 24.0 Å². The topological polar surface area (TPSA) is 73.6 Å². The van der Waals surface area contributed by atoms with Crippen LogP contribution >= 0.6 is 0 Å². The van der Waals surface area contributed by atoms with E-state index >= 15 is 0 Å². The van der Waals surface area contributed by atoms with Gasteiger partial charge in [0.25, 0.3) is 0 Å².